The fourth-order valence-corrected chi connectivity index (χ4v) is 4.26. The second-order valence-corrected chi connectivity index (χ2v) is 8.20. The van der Waals surface area contributed by atoms with Gasteiger partial charge in [-0.1, -0.05) is 6.92 Å². The van der Waals surface area contributed by atoms with Crippen LogP contribution in [-0.4, -0.2) is 41.6 Å². The quantitative estimate of drug-likeness (QED) is 0.428. The van der Waals surface area contributed by atoms with E-state index < -0.39 is 23.1 Å². The number of furan rings is 1. The number of carbonyl (C=O) groups excluding carboxylic acids is 2. The molecule has 3 aromatic rings. The highest BCUT2D eigenvalue weighted by atomic mass is 32.1. The van der Waals surface area contributed by atoms with Crippen molar-refractivity contribution in [1.29, 1.82) is 0 Å². The van der Waals surface area contributed by atoms with E-state index in [4.69, 9.17) is 14.9 Å². The van der Waals surface area contributed by atoms with Crippen LogP contribution in [0.1, 0.15) is 39.1 Å². The number of methoxy groups -OCH3 is 1. The summed E-state index contributed by atoms with van der Waals surface area (Å²) in [4.78, 5) is 54.4. The Hall–Kier alpha value is -3.64. The molecule has 4 N–H and O–H groups in total. The summed E-state index contributed by atoms with van der Waals surface area (Å²) >= 11 is 1.05. The maximum absolute atomic E-state index is 13.5. The van der Waals surface area contributed by atoms with Crippen molar-refractivity contribution in [1.82, 2.24) is 9.55 Å². The number of nitrogens with zero attached hydrogens (tertiary/aromatic N) is 2. The Kier molecular flexibility index (Phi) is 7.51. The third-order valence-electron chi connectivity index (χ3n) is 4.79. The van der Waals surface area contributed by atoms with Gasteiger partial charge in [0.25, 0.3) is 17.4 Å². The zero-order valence-corrected chi connectivity index (χ0v) is 19.3. The molecule has 0 aliphatic heterocycles. The van der Waals surface area contributed by atoms with Crippen molar-refractivity contribution in [2.75, 3.05) is 36.2 Å². The fourth-order valence-electron chi connectivity index (χ4n) is 3.24. The van der Waals surface area contributed by atoms with Crippen molar-refractivity contribution in [2.24, 2.45) is 0 Å². The third kappa shape index (κ3) is 5.07. The van der Waals surface area contributed by atoms with Gasteiger partial charge in [-0.25, -0.2) is 4.79 Å². The number of aromatic amines is 1. The van der Waals surface area contributed by atoms with E-state index in [0.29, 0.717) is 21.9 Å². The van der Waals surface area contributed by atoms with E-state index in [9.17, 15) is 19.2 Å². The Morgan fingerprint density at radius 3 is 2.76 bits per heavy atom. The molecule has 0 unspecified atom stereocenters. The van der Waals surface area contributed by atoms with Crippen LogP contribution in [0.25, 0.3) is 0 Å². The topological polar surface area (TPSA) is 153 Å². The number of carbonyl (C=O) groups is 2. The summed E-state index contributed by atoms with van der Waals surface area (Å²) in [6.45, 7) is 4.01. The molecule has 0 radical (unpaired) electrons. The molecule has 0 aliphatic carbocycles. The van der Waals surface area contributed by atoms with Gasteiger partial charge in [0.05, 0.1) is 22.7 Å². The molecule has 176 valence electrons. The van der Waals surface area contributed by atoms with Gasteiger partial charge in [0.2, 0.25) is 0 Å². The molecule has 33 heavy (non-hydrogen) atoms. The first kappa shape index (κ1) is 24.0. The van der Waals surface area contributed by atoms with Crippen molar-refractivity contribution < 1.29 is 18.7 Å². The minimum Gasteiger partial charge on any atom is -0.459 e. The first-order valence-corrected chi connectivity index (χ1v) is 11.0. The molecule has 0 bridgehead atoms. The summed E-state index contributed by atoms with van der Waals surface area (Å²) in [5, 5.41) is 3.12. The van der Waals surface area contributed by atoms with Gasteiger partial charge in [-0.15, -0.1) is 11.3 Å². The number of nitrogen functional groups attached to an aromatic ring is 1. The Labute approximate surface area is 192 Å². The van der Waals surface area contributed by atoms with Crippen LogP contribution in [-0.2, 0) is 11.3 Å². The Balaban J connectivity index is 2.00. The molecule has 0 aromatic carbocycles. The third-order valence-corrected chi connectivity index (χ3v) is 5.93. The van der Waals surface area contributed by atoms with Crippen LogP contribution in [0.2, 0.25) is 0 Å². The highest BCUT2D eigenvalue weighted by Gasteiger charge is 2.27. The van der Waals surface area contributed by atoms with Crippen molar-refractivity contribution in [2.45, 2.75) is 26.8 Å². The normalized spacial score (nSPS) is 10.9. The van der Waals surface area contributed by atoms with E-state index in [1.54, 1.807) is 19.1 Å². The maximum atomic E-state index is 13.5. The van der Waals surface area contributed by atoms with Gasteiger partial charge in [0.1, 0.15) is 5.82 Å². The van der Waals surface area contributed by atoms with Crippen LogP contribution in [0.15, 0.2) is 38.5 Å². The number of aryl methyl sites for hydroxylation is 1. The van der Waals surface area contributed by atoms with Gasteiger partial charge >= 0.3 is 5.69 Å². The number of H-pyrrole nitrogens is 1. The SMILES string of the molecule is CCCn1c(N)c(N(CCOC)C(=O)c2sc(NC(=O)c3ccco3)cc2C)c(=O)[nH]c1=O. The van der Waals surface area contributed by atoms with Gasteiger partial charge in [-0.05, 0) is 37.1 Å². The number of thiophene rings is 1. The Morgan fingerprint density at radius 1 is 1.36 bits per heavy atom. The van der Waals surface area contributed by atoms with Gasteiger partial charge in [-0.2, -0.15) is 0 Å². The number of rotatable bonds is 9. The fraction of sp³-hybridized carbons (Fsp3) is 0.333. The van der Waals surface area contributed by atoms with Crippen LogP contribution in [0.5, 0.6) is 0 Å². The lowest BCUT2D eigenvalue weighted by Gasteiger charge is -2.24. The molecule has 3 rings (SSSR count). The van der Waals surface area contributed by atoms with Gasteiger partial charge in [0, 0.05) is 20.2 Å². The molecule has 0 aliphatic rings. The highest BCUT2D eigenvalue weighted by Crippen LogP contribution is 2.30. The van der Waals surface area contributed by atoms with Gasteiger partial charge < -0.3 is 20.2 Å². The number of hydrogen-bond donors (Lipinski definition) is 3. The second kappa shape index (κ2) is 10.3. The zero-order chi connectivity index (χ0) is 24.1. The van der Waals surface area contributed by atoms with Crippen LogP contribution in [0.3, 0.4) is 0 Å². The molecular formula is C21H25N5O6S. The highest BCUT2D eigenvalue weighted by molar-refractivity contribution is 7.18. The molecule has 0 atom stereocenters. The number of amides is 2. The average Bonchev–Trinajstić information content (AvgIpc) is 3.43. The lowest BCUT2D eigenvalue weighted by Crippen LogP contribution is -2.42. The maximum Gasteiger partial charge on any atom is 0.330 e. The lowest BCUT2D eigenvalue weighted by molar-refractivity contribution is 0.0976. The van der Waals surface area contributed by atoms with Gasteiger partial charge in [-0.3, -0.25) is 28.8 Å². The lowest BCUT2D eigenvalue weighted by atomic mass is 10.2. The van der Waals surface area contributed by atoms with Crippen LogP contribution in [0.4, 0.5) is 16.5 Å². The van der Waals surface area contributed by atoms with Crippen molar-refractivity contribution in [3.05, 3.63) is 61.5 Å². The van der Waals surface area contributed by atoms with E-state index >= 15 is 0 Å². The predicted molar refractivity (Wildman–Crippen MR) is 125 cm³/mol. The summed E-state index contributed by atoms with van der Waals surface area (Å²) in [6.07, 6.45) is 1.99. The van der Waals surface area contributed by atoms with Crippen LogP contribution < -0.4 is 27.2 Å². The van der Waals surface area contributed by atoms with E-state index in [1.807, 2.05) is 6.92 Å². The van der Waals surface area contributed by atoms with Crippen molar-refractivity contribution in [3.63, 3.8) is 0 Å². The monoisotopic (exact) mass is 475 g/mol. The number of ether oxygens (including phenoxy) is 1. The number of hydrogen-bond acceptors (Lipinski definition) is 8. The minimum absolute atomic E-state index is 0.0262. The summed E-state index contributed by atoms with van der Waals surface area (Å²) in [7, 11) is 1.47. The molecule has 0 fully saturated rings. The number of nitrogens with one attached hydrogen (secondary N) is 2. The van der Waals surface area contributed by atoms with Crippen LogP contribution >= 0.6 is 11.3 Å². The Morgan fingerprint density at radius 2 is 2.12 bits per heavy atom. The molecule has 3 aromatic heterocycles. The van der Waals surface area contributed by atoms with E-state index in [-0.39, 0.29) is 37.0 Å². The zero-order valence-electron chi connectivity index (χ0n) is 18.5. The number of nitrogens with two attached hydrogens (primary N) is 1. The molecule has 0 saturated heterocycles. The van der Waals surface area contributed by atoms with Gasteiger partial charge in [0.15, 0.2) is 11.4 Å². The molecular weight excluding hydrogens is 450 g/mol. The predicted octanol–water partition coefficient (Wildman–Crippen LogP) is 2.04. The molecule has 0 saturated carbocycles. The first-order valence-electron chi connectivity index (χ1n) is 10.2. The number of aromatic nitrogens is 2. The molecule has 2 amide bonds. The summed E-state index contributed by atoms with van der Waals surface area (Å²) in [5.41, 5.74) is 5.23. The molecule has 0 spiro atoms. The van der Waals surface area contributed by atoms with Crippen molar-refractivity contribution in [3.8, 4) is 0 Å². The summed E-state index contributed by atoms with van der Waals surface area (Å²) in [5.74, 6) is -0.931. The summed E-state index contributed by atoms with van der Waals surface area (Å²) < 4.78 is 11.4. The first-order chi connectivity index (χ1) is 15.8. The standard InChI is InChI=1S/C21H25N5O6S/c1-4-7-26-17(22)15(19(28)24-21(26)30)25(8-10-31-3)20(29)16-12(2)11-14(33-16)23-18(27)13-6-5-9-32-13/h5-6,9,11H,4,7-8,10,22H2,1-3H3,(H,23,27)(H,24,28,30). The molecule has 11 nitrogen and oxygen atoms in total. The van der Waals surface area contributed by atoms with E-state index in [2.05, 4.69) is 10.3 Å². The smallest absolute Gasteiger partial charge is 0.330 e. The molecule has 3 heterocycles. The summed E-state index contributed by atoms with van der Waals surface area (Å²) in [6, 6.07) is 4.77. The minimum atomic E-state index is -0.769. The average molecular weight is 476 g/mol. The van der Waals surface area contributed by atoms with E-state index in [1.165, 1.54) is 28.9 Å². The largest absolute Gasteiger partial charge is 0.459 e. The number of anilines is 3. The second-order valence-electron chi connectivity index (χ2n) is 7.15. The molecule has 12 heteroatoms. The van der Waals surface area contributed by atoms with Crippen molar-refractivity contribution >= 4 is 39.7 Å². The van der Waals surface area contributed by atoms with Crippen LogP contribution in [0, 0.1) is 6.92 Å². The van der Waals surface area contributed by atoms with E-state index in [0.717, 1.165) is 11.3 Å². The Bertz CT molecular complexity index is 1260.